The number of anilines is 2. The van der Waals surface area contributed by atoms with Crippen LogP contribution in [0.15, 0.2) is 24.3 Å². The van der Waals surface area contributed by atoms with Gasteiger partial charge in [0.1, 0.15) is 9.88 Å². The molecule has 0 spiro atoms. The molecule has 3 rings (SSSR count). The van der Waals surface area contributed by atoms with Crippen molar-refractivity contribution in [2.75, 3.05) is 37.4 Å². The fraction of sp³-hybridized carbons (Fsp3) is 0.444. The molecule has 5 nitrogen and oxygen atoms in total. The number of benzene rings is 1. The van der Waals surface area contributed by atoms with Crippen molar-refractivity contribution in [1.82, 2.24) is 9.88 Å². The predicted molar refractivity (Wildman–Crippen MR) is 100 cm³/mol. The van der Waals surface area contributed by atoms with E-state index in [1.54, 1.807) is 0 Å². The van der Waals surface area contributed by atoms with E-state index in [9.17, 15) is 4.79 Å². The van der Waals surface area contributed by atoms with Crippen LogP contribution in [-0.2, 0) is 6.54 Å². The van der Waals surface area contributed by atoms with Crippen molar-refractivity contribution in [3.63, 3.8) is 0 Å². The number of thiazole rings is 1. The van der Waals surface area contributed by atoms with Gasteiger partial charge in [-0.25, -0.2) is 4.98 Å². The molecule has 2 aromatic rings. The molecule has 0 radical (unpaired) electrons. The summed E-state index contributed by atoms with van der Waals surface area (Å²) in [4.78, 5) is 22.1. The first-order valence-electron chi connectivity index (χ1n) is 8.30. The Bertz CT molecular complexity index is 702. The molecule has 1 amide bonds. The van der Waals surface area contributed by atoms with Crippen molar-refractivity contribution in [3.05, 3.63) is 39.8 Å². The largest absolute Gasteiger partial charge is 0.372 e. The van der Waals surface area contributed by atoms with Crippen LogP contribution in [0.25, 0.3) is 0 Å². The predicted octanol–water partition coefficient (Wildman–Crippen LogP) is 3.37. The van der Waals surface area contributed by atoms with Gasteiger partial charge in [-0.15, -0.1) is 11.3 Å². The Morgan fingerprint density at radius 1 is 1.25 bits per heavy atom. The third-order valence-electron chi connectivity index (χ3n) is 4.09. The highest BCUT2D eigenvalue weighted by atomic mass is 32.1. The average molecular weight is 344 g/mol. The van der Waals surface area contributed by atoms with Crippen LogP contribution in [0.2, 0.25) is 0 Å². The van der Waals surface area contributed by atoms with E-state index in [0.717, 1.165) is 36.0 Å². The Kier molecular flexibility index (Phi) is 5.16. The van der Waals surface area contributed by atoms with Crippen LogP contribution < -0.4 is 10.2 Å². The highest BCUT2D eigenvalue weighted by molar-refractivity contribution is 7.13. The first-order chi connectivity index (χ1) is 11.5. The lowest BCUT2D eigenvalue weighted by Gasteiger charge is -2.17. The maximum Gasteiger partial charge on any atom is 0.267 e. The number of amides is 1. The van der Waals surface area contributed by atoms with Crippen molar-refractivity contribution in [1.29, 1.82) is 0 Å². The van der Waals surface area contributed by atoms with Crippen molar-refractivity contribution in [2.45, 2.75) is 26.3 Å². The molecular formula is C18H24N4OS. The molecule has 6 heteroatoms. The van der Waals surface area contributed by atoms with Gasteiger partial charge in [0.2, 0.25) is 0 Å². The molecule has 0 aliphatic carbocycles. The van der Waals surface area contributed by atoms with Crippen LogP contribution in [0.5, 0.6) is 0 Å². The lowest BCUT2D eigenvalue weighted by molar-refractivity contribution is 0.103. The molecule has 0 bridgehead atoms. The molecule has 1 saturated heterocycles. The standard InChI is InChI=1S/C18H24N4OS/c1-13-17(24-16(19-13)12-21(2)3)18(23)20-14-6-8-15(9-7-14)22-10-4-5-11-22/h6-9H,4-5,10-12H2,1-3H3,(H,20,23). The highest BCUT2D eigenvalue weighted by Gasteiger charge is 2.16. The fourth-order valence-electron chi connectivity index (χ4n) is 2.92. The summed E-state index contributed by atoms with van der Waals surface area (Å²) in [6, 6.07) is 8.11. The Morgan fingerprint density at radius 2 is 1.92 bits per heavy atom. The van der Waals surface area contributed by atoms with E-state index in [-0.39, 0.29) is 5.91 Å². The van der Waals surface area contributed by atoms with Crippen LogP contribution in [0.4, 0.5) is 11.4 Å². The molecule has 1 fully saturated rings. The zero-order valence-electron chi connectivity index (χ0n) is 14.5. The molecule has 1 aliphatic heterocycles. The van der Waals surface area contributed by atoms with Gasteiger partial charge in [-0.2, -0.15) is 0 Å². The molecule has 1 N–H and O–H groups in total. The molecule has 0 atom stereocenters. The van der Waals surface area contributed by atoms with E-state index in [1.807, 2.05) is 33.2 Å². The number of carbonyl (C=O) groups is 1. The summed E-state index contributed by atoms with van der Waals surface area (Å²) in [7, 11) is 4.00. The van der Waals surface area contributed by atoms with Crippen molar-refractivity contribution in [3.8, 4) is 0 Å². The lowest BCUT2D eigenvalue weighted by Crippen LogP contribution is -2.17. The van der Waals surface area contributed by atoms with Gasteiger partial charge in [-0.05, 0) is 58.1 Å². The first-order valence-corrected chi connectivity index (χ1v) is 9.12. The van der Waals surface area contributed by atoms with Gasteiger partial charge in [-0.1, -0.05) is 0 Å². The van der Waals surface area contributed by atoms with E-state index in [2.05, 4.69) is 32.2 Å². The molecule has 1 aromatic heterocycles. The number of hydrogen-bond acceptors (Lipinski definition) is 5. The Labute approximate surface area is 147 Å². The minimum Gasteiger partial charge on any atom is -0.372 e. The van der Waals surface area contributed by atoms with Crippen molar-refractivity contribution in [2.24, 2.45) is 0 Å². The van der Waals surface area contributed by atoms with Gasteiger partial charge in [0.15, 0.2) is 0 Å². The van der Waals surface area contributed by atoms with Crippen LogP contribution in [0.3, 0.4) is 0 Å². The van der Waals surface area contributed by atoms with Gasteiger partial charge in [0.05, 0.1) is 5.69 Å². The van der Waals surface area contributed by atoms with Crippen molar-refractivity contribution < 1.29 is 4.79 Å². The van der Waals surface area contributed by atoms with Gasteiger partial charge >= 0.3 is 0 Å². The molecule has 1 aromatic carbocycles. The number of nitrogens with one attached hydrogen (secondary N) is 1. The van der Waals surface area contributed by atoms with E-state index in [0.29, 0.717) is 4.88 Å². The fourth-order valence-corrected chi connectivity index (χ4v) is 4.00. The van der Waals surface area contributed by atoms with Crippen LogP contribution >= 0.6 is 11.3 Å². The molecular weight excluding hydrogens is 320 g/mol. The number of aryl methyl sites for hydroxylation is 1. The minimum absolute atomic E-state index is 0.0797. The molecule has 0 unspecified atom stereocenters. The van der Waals surface area contributed by atoms with Gasteiger partial charge < -0.3 is 15.1 Å². The molecule has 2 heterocycles. The topological polar surface area (TPSA) is 48.5 Å². The summed E-state index contributed by atoms with van der Waals surface area (Å²) in [6.45, 7) is 4.89. The van der Waals surface area contributed by atoms with Crippen LogP contribution in [0.1, 0.15) is 33.2 Å². The third-order valence-corrected chi connectivity index (χ3v) is 5.24. The van der Waals surface area contributed by atoms with E-state index in [1.165, 1.54) is 29.9 Å². The number of carbonyl (C=O) groups excluding carboxylic acids is 1. The van der Waals surface area contributed by atoms with E-state index < -0.39 is 0 Å². The number of aromatic nitrogens is 1. The number of hydrogen-bond donors (Lipinski definition) is 1. The third kappa shape index (κ3) is 3.94. The van der Waals surface area contributed by atoms with Gasteiger partial charge in [0.25, 0.3) is 5.91 Å². The summed E-state index contributed by atoms with van der Waals surface area (Å²) >= 11 is 1.47. The normalized spacial score (nSPS) is 14.4. The van der Waals surface area contributed by atoms with E-state index in [4.69, 9.17) is 0 Å². The van der Waals surface area contributed by atoms with E-state index >= 15 is 0 Å². The smallest absolute Gasteiger partial charge is 0.267 e. The van der Waals surface area contributed by atoms with Crippen molar-refractivity contribution >= 4 is 28.6 Å². The summed E-state index contributed by atoms with van der Waals surface area (Å²) in [5, 5.41) is 3.95. The van der Waals surface area contributed by atoms with Crippen LogP contribution in [-0.4, -0.2) is 43.0 Å². The maximum absolute atomic E-state index is 12.5. The Morgan fingerprint density at radius 3 is 2.54 bits per heavy atom. The summed E-state index contributed by atoms with van der Waals surface area (Å²) in [6.07, 6.45) is 2.52. The summed E-state index contributed by atoms with van der Waals surface area (Å²) in [5.74, 6) is -0.0797. The highest BCUT2D eigenvalue weighted by Crippen LogP contribution is 2.24. The Hall–Kier alpha value is -1.92. The molecule has 0 saturated carbocycles. The number of nitrogens with zero attached hydrogens (tertiary/aromatic N) is 3. The minimum atomic E-state index is -0.0797. The average Bonchev–Trinajstić information content (AvgIpc) is 3.17. The maximum atomic E-state index is 12.5. The molecule has 24 heavy (non-hydrogen) atoms. The van der Waals surface area contributed by atoms with Gasteiger partial charge in [-0.3, -0.25) is 4.79 Å². The molecule has 128 valence electrons. The summed E-state index contributed by atoms with van der Waals surface area (Å²) < 4.78 is 0. The second-order valence-corrected chi connectivity index (χ2v) is 7.54. The SMILES string of the molecule is Cc1nc(CN(C)C)sc1C(=O)Nc1ccc(N2CCCC2)cc1. The van der Waals surface area contributed by atoms with Gasteiger partial charge in [0, 0.05) is 31.0 Å². The number of rotatable bonds is 5. The second-order valence-electron chi connectivity index (χ2n) is 6.46. The van der Waals surface area contributed by atoms with Crippen LogP contribution in [0, 0.1) is 6.92 Å². The summed E-state index contributed by atoms with van der Waals surface area (Å²) in [5.41, 5.74) is 2.85. The Balaban J connectivity index is 1.67. The first kappa shape index (κ1) is 16.9. The monoisotopic (exact) mass is 344 g/mol. The zero-order chi connectivity index (χ0) is 17.1. The zero-order valence-corrected chi connectivity index (χ0v) is 15.3. The lowest BCUT2D eigenvalue weighted by atomic mass is 10.2. The second kappa shape index (κ2) is 7.32. The molecule has 1 aliphatic rings. The quantitative estimate of drug-likeness (QED) is 0.903.